The summed E-state index contributed by atoms with van der Waals surface area (Å²) in [5.41, 5.74) is 0.201. The van der Waals surface area contributed by atoms with Crippen molar-refractivity contribution in [3.8, 4) is 6.07 Å². The molecule has 1 saturated heterocycles. The van der Waals surface area contributed by atoms with Crippen LogP contribution in [0.25, 0.3) is 5.52 Å². The fourth-order valence-corrected chi connectivity index (χ4v) is 5.74. The van der Waals surface area contributed by atoms with E-state index >= 15 is 0 Å². The molecule has 1 aliphatic heterocycles. The molecule has 3 saturated carbocycles. The third-order valence-electron chi connectivity index (χ3n) is 7.34. The smallest absolute Gasteiger partial charge is 0.450 e. The number of hydrogen-bond donors (Lipinski definition) is 4. The van der Waals surface area contributed by atoms with Crippen LogP contribution in [0.2, 0.25) is 0 Å². The van der Waals surface area contributed by atoms with Crippen LogP contribution in [0.1, 0.15) is 25.0 Å². The molecule has 2 bridgehead atoms. The number of anilines is 1. The molecule has 2 aromatic heterocycles. The summed E-state index contributed by atoms with van der Waals surface area (Å²) in [6, 6.07) is 4.66. The van der Waals surface area contributed by atoms with Crippen molar-refractivity contribution in [2.75, 3.05) is 5.73 Å². The molecule has 5 atom stereocenters. The number of carbonyl (C=O) groups is 1. The summed E-state index contributed by atoms with van der Waals surface area (Å²) in [7, 11) is 0. The van der Waals surface area contributed by atoms with Gasteiger partial charge < -0.3 is 30.5 Å². The largest absolute Gasteiger partial charge is 0.506 e. The second kappa shape index (κ2) is 6.46. The molecular weight excluding hydrogens is 451 g/mol. The average Bonchev–Trinajstić information content (AvgIpc) is 3.24. The maximum atomic E-state index is 13.7. The number of nitrogens with zero attached hydrogens (tertiary/aromatic N) is 4. The molecule has 6 rings (SSSR count). The predicted molar refractivity (Wildman–Crippen MR) is 99.2 cm³/mol. The zero-order valence-corrected chi connectivity index (χ0v) is 16.7. The Bertz CT molecular complexity index is 1190. The molecule has 4 fully saturated rings. The van der Waals surface area contributed by atoms with E-state index in [0.717, 1.165) is 6.33 Å². The van der Waals surface area contributed by atoms with Crippen molar-refractivity contribution in [1.29, 1.82) is 5.26 Å². The highest BCUT2D eigenvalue weighted by molar-refractivity contribution is 5.66. The van der Waals surface area contributed by atoms with Gasteiger partial charge in [-0.1, -0.05) is 0 Å². The lowest BCUT2D eigenvalue weighted by atomic mass is 9.33. The van der Waals surface area contributed by atoms with Gasteiger partial charge in [-0.05, 0) is 18.6 Å². The number of fused-ring (bicyclic) bond motifs is 1. The fourth-order valence-electron chi connectivity index (χ4n) is 5.74. The van der Waals surface area contributed by atoms with Crippen molar-refractivity contribution in [3.05, 3.63) is 24.2 Å². The van der Waals surface area contributed by atoms with E-state index in [1.807, 2.05) is 6.07 Å². The lowest BCUT2D eigenvalue weighted by Crippen LogP contribution is -2.81. The van der Waals surface area contributed by atoms with Crippen LogP contribution in [0.3, 0.4) is 0 Å². The molecule has 11 nitrogen and oxygen atoms in total. The van der Waals surface area contributed by atoms with E-state index in [1.165, 1.54) is 16.6 Å². The van der Waals surface area contributed by atoms with Gasteiger partial charge in [0.1, 0.15) is 35.7 Å². The van der Waals surface area contributed by atoms with E-state index in [-0.39, 0.29) is 11.5 Å². The number of ether oxygens (including phenoxy) is 2. The number of halogens is 3. The minimum Gasteiger partial charge on any atom is -0.450 e. The number of aliphatic hydroxyl groups is 2. The van der Waals surface area contributed by atoms with Crippen LogP contribution in [0, 0.1) is 22.7 Å². The normalized spacial score (nSPS) is 39.5. The van der Waals surface area contributed by atoms with Gasteiger partial charge in [0.15, 0.2) is 5.82 Å². The molecule has 0 aromatic carbocycles. The Hall–Kier alpha value is -3.15. The first-order valence-electron chi connectivity index (χ1n) is 9.93. The first-order chi connectivity index (χ1) is 15.4. The SMILES string of the molecule is N#C[C@@]1(c2ccc3c(N)ncnn23)O[C@H](CC2C3(OC(=O)O)CC2(C(F)(F)F)C3)[C@@H](O)[C@H]1O. The Kier molecular flexibility index (Phi) is 4.25. The lowest BCUT2D eigenvalue weighted by Gasteiger charge is -2.74. The van der Waals surface area contributed by atoms with Crippen LogP contribution < -0.4 is 5.73 Å². The van der Waals surface area contributed by atoms with Crippen LogP contribution in [0.4, 0.5) is 23.8 Å². The molecule has 3 aliphatic carbocycles. The van der Waals surface area contributed by atoms with Crippen molar-refractivity contribution in [1.82, 2.24) is 14.6 Å². The van der Waals surface area contributed by atoms with E-state index in [4.69, 9.17) is 20.3 Å². The summed E-state index contributed by atoms with van der Waals surface area (Å²) in [6.07, 6.45) is -11.7. The molecular formula is C19H18F3N5O6. The van der Waals surface area contributed by atoms with E-state index in [2.05, 4.69) is 10.1 Å². The van der Waals surface area contributed by atoms with Gasteiger partial charge in [-0.2, -0.15) is 23.5 Å². The summed E-state index contributed by atoms with van der Waals surface area (Å²) >= 11 is 0. The minimum atomic E-state index is -4.62. The maximum Gasteiger partial charge on any atom is 0.506 e. The van der Waals surface area contributed by atoms with Crippen LogP contribution in [-0.2, 0) is 15.1 Å². The first kappa shape index (κ1) is 21.7. The van der Waals surface area contributed by atoms with Crippen molar-refractivity contribution in [2.24, 2.45) is 11.3 Å². The standard InChI is InChI=1S/C19H18F3N5O6/c20-19(21,22)16-4-17(5-16,33-15(30)31)10(16)3-9-12(28)13(29)18(6-23,32-9)11-2-1-8-14(24)25-7-26-27(8)11/h1-2,7,9-10,12-13,28-29H,3-5H2,(H,30,31)(H2,24,25,26)/t9-,10?,12-,13-,16?,17?,18+/m1/s1. The molecule has 3 heterocycles. The van der Waals surface area contributed by atoms with Gasteiger partial charge in [0.2, 0.25) is 5.60 Å². The molecule has 0 radical (unpaired) electrons. The lowest BCUT2D eigenvalue weighted by molar-refractivity contribution is -0.425. The van der Waals surface area contributed by atoms with Crippen LogP contribution >= 0.6 is 0 Å². The zero-order valence-electron chi connectivity index (χ0n) is 16.7. The molecule has 33 heavy (non-hydrogen) atoms. The molecule has 2 aromatic rings. The number of carboxylic acid groups (broad SMARTS) is 1. The highest BCUT2D eigenvalue weighted by atomic mass is 19.4. The number of nitrogens with two attached hydrogens (primary N) is 1. The Morgan fingerprint density at radius 1 is 1.39 bits per heavy atom. The summed E-state index contributed by atoms with van der Waals surface area (Å²) < 4.78 is 53.0. The molecule has 176 valence electrons. The van der Waals surface area contributed by atoms with Gasteiger partial charge in [-0.25, -0.2) is 14.3 Å². The third kappa shape index (κ3) is 2.58. The van der Waals surface area contributed by atoms with Gasteiger partial charge in [0, 0.05) is 18.8 Å². The van der Waals surface area contributed by atoms with Crippen molar-refractivity contribution in [3.63, 3.8) is 0 Å². The number of rotatable bonds is 4. The molecule has 14 heteroatoms. The van der Waals surface area contributed by atoms with Crippen LogP contribution in [0.15, 0.2) is 18.5 Å². The number of hydrogen-bond acceptors (Lipinski definition) is 9. The molecule has 0 spiro atoms. The number of aromatic nitrogens is 3. The Morgan fingerprint density at radius 2 is 2.09 bits per heavy atom. The van der Waals surface area contributed by atoms with Gasteiger partial charge in [-0.3, -0.25) is 0 Å². The topological polar surface area (TPSA) is 176 Å². The monoisotopic (exact) mass is 469 g/mol. The van der Waals surface area contributed by atoms with Crippen LogP contribution in [0.5, 0.6) is 0 Å². The molecule has 4 aliphatic rings. The number of aliphatic hydroxyl groups excluding tert-OH is 2. The first-order valence-corrected chi connectivity index (χ1v) is 9.93. The van der Waals surface area contributed by atoms with Crippen molar-refractivity contribution >= 4 is 17.5 Å². The van der Waals surface area contributed by atoms with E-state index in [0.29, 0.717) is 5.52 Å². The fraction of sp³-hybridized carbons (Fsp3) is 0.579. The van der Waals surface area contributed by atoms with E-state index in [9.17, 15) is 33.4 Å². The van der Waals surface area contributed by atoms with E-state index < -0.39 is 72.4 Å². The number of alkyl halides is 3. The predicted octanol–water partition coefficient (Wildman–Crippen LogP) is 0.947. The quantitative estimate of drug-likeness (QED) is 0.472. The summed E-state index contributed by atoms with van der Waals surface area (Å²) in [5, 5.41) is 44.3. The highest BCUT2D eigenvalue weighted by Crippen LogP contribution is 2.79. The average molecular weight is 469 g/mol. The maximum absolute atomic E-state index is 13.7. The minimum absolute atomic E-state index is 0.00366. The Morgan fingerprint density at radius 3 is 2.70 bits per heavy atom. The van der Waals surface area contributed by atoms with Gasteiger partial charge in [0.05, 0.1) is 17.2 Å². The van der Waals surface area contributed by atoms with E-state index in [1.54, 1.807) is 0 Å². The number of nitrogen functional groups attached to an aromatic ring is 1. The second-order valence-electron chi connectivity index (χ2n) is 8.83. The van der Waals surface area contributed by atoms with Gasteiger partial charge in [-0.15, -0.1) is 0 Å². The van der Waals surface area contributed by atoms with Crippen molar-refractivity contribution in [2.45, 2.75) is 55.0 Å². The summed E-state index contributed by atoms with van der Waals surface area (Å²) in [5.74, 6) is -1.26. The highest BCUT2D eigenvalue weighted by Gasteiger charge is 2.87. The number of nitriles is 1. The molecule has 5 N–H and O–H groups in total. The molecule has 0 amide bonds. The Balaban J connectivity index is 1.48. The molecule has 1 unspecified atom stereocenters. The van der Waals surface area contributed by atoms with Crippen molar-refractivity contribution < 1.29 is 42.8 Å². The Labute approximate surface area is 183 Å². The zero-order chi connectivity index (χ0) is 24.0. The van der Waals surface area contributed by atoms with Gasteiger partial charge >= 0.3 is 12.3 Å². The second-order valence-corrected chi connectivity index (χ2v) is 8.83. The summed E-state index contributed by atoms with van der Waals surface area (Å²) in [4.78, 5) is 14.9. The summed E-state index contributed by atoms with van der Waals surface area (Å²) in [6.45, 7) is 0. The van der Waals surface area contributed by atoms with Gasteiger partial charge in [0.25, 0.3) is 0 Å². The third-order valence-corrected chi connectivity index (χ3v) is 7.34. The van der Waals surface area contributed by atoms with Crippen LogP contribution in [-0.4, -0.2) is 66.2 Å².